The van der Waals surface area contributed by atoms with Gasteiger partial charge in [-0.25, -0.2) is 15.0 Å². The molecule has 2 heterocycles. The van der Waals surface area contributed by atoms with Gasteiger partial charge in [0.25, 0.3) is 0 Å². The average Bonchev–Trinajstić information content (AvgIpc) is 3.79. The van der Waals surface area contributed by atoms with Gasteiger partial charge in [0.05, 0.1) is 16.7 Å². The van der Waals surface area contributed by atoms with Crippen LogP contribution in [0.3, 0.4) is 0 Å². The van der Waals surface area contributed by atoms with Gasteiger partial charge in [-0.05, 0) is 97.3 Å². The van der Waals surface area contributed by atoms with Crippen LogP contribution < -0.4 is 0 Å². The predicted molar refractivity (Wildman–Crippen MR) is 315 cm³/mol. The van der Waals surface area contributed by atoms with Crippen LogP contribution in [0.5, 0.6) is 0 Å². The van der Waals surface area contributed by atoms with E-state index >= 15 is 0 Å². The zero-order chi connectivity index (χ0) is 51.3. The number of rotatable bonds is 9. The monoisotopic (exact) mass is 966 g/mol. The van der Waals surface area contributed by atoms with Gasteiger partial charge in [-0.2, -0.15) is 0 Å². The van der Waals surface area contributed by atoms with Crippen molar-refractivity contribution >= 4 is 21.8 Å². The minimum absolute atomic E-state index is 0.0608. The Kier molecular flexibility index (Phi) is 12.0. The number of aromatic nitrogens is 4. The molecule has 2 aromatic heterocycles. The first-order valence-corrected chi connectivity index (χ1v) is 26.0. The fourth-order valence-corrected chi connectivity index (χ4v) is 10.4. The first-order valence-electron chi connectivity index (χ1n) is 26.0. The Labute approximate surface area is 440 Å². The lowest BCUT2D eigenvalue weighted by molar-refractivity contribution is 0.590. The molecule has 0 saturated carbocycles. The van der Waals surface area contributed by atoms with Crippen LogP contribution >= 0.6 is 0 Å². The van der Waals surface area contributed by atoms with Crippen molar-refractivity contribution in [1.29, 1.82) is 0 Å². The van der Waals surface area contributed by atoms with E-state index in [1.54, 1.807) is 0 Å². The summed E-state index contributed by atoms with van der Waals surface area (Å²) in [4.78, 5) is 16.1. The molecule has 75 heavy (non-hydrogen) atoms. The Morgan fingerprint density at radius 2 is 0.627 bits per heavy atom. The highest BCUT2D eigenvalue weighted by atomic mass is 15.0. The first-order chi connectivity index (χ1) is 36.4. The minimum Gasteiger partial charge on any atom is -0.307 e. The van der Waals surface area contributed by atoms with Gasteiger partial charge in [0, 0.05) is 44.2 Å². The molecular weight excluding hydrogens is 909 g/mol. The number of fused-ring (bicyclic) bond motifs is 3. The smallest absolute Gasteiger partial charge is 0.164 e. The highest BCUT2D eigenvalue weighted by Crippen LogP contribution is 2.48. The van der Waals surface area contributed by atoms with Crippen LogP contribution in [-0.2, 0) is 10.8 Å². The molecule has 10 aromatic carbocycles. The first kappa shape index (κ1) is 47.0. The normalized spacial score (nSPS) is 11.9. The molecule has 0 spiro atoms. The van der Waals surface area contributed by atoms with Crippen molar-refractivity contribution in [3.8, 4) is 95.5 Å². The van der Waals surface area contributed by atoms with Crippen molar-refractivity contribution in [2.45, 2.75) is 52.4 Å². The van der Waals surface area contributed by atoms with Crippen LogP contribution in [0, 0.1) is 0 Å². The lowest BCUT2D eigenvalue weighted by Crippen LogP contribution is -2.11. The zero-order valence-corrected chi connectivity index (χ0v) is 43.4. The maximum atomic E-state index is 5.42. The minimum atomic E-state index is -0.101. The van der Waals surface area contributed by atoms with Crippen LogP contribution in [0.25, 0.3) is 117 Å². The second-order valence-corrected chi connectivity index (χ2v) is 21.7. The molecule has 0 unspecified atom stereocenters. The molecule has 0 amide bonds. The van der Waals surface area contributed by atoms with E-state index in [2.05, 4.69) is 277 Å². The number of benzene rings is 10. The van der Waals surface area contributed by atoms with Gasteiger partial charge in [-0.3, -0.25) is 0 Å². The molecule has 4 heteroatoms. The van der Waals surface area contributed by atoms with Gasteiger partial charge in [0.2, 0.25) is 0 Å². The van der Waals surface area contributed by atoms with Crippen LogP contribution in [0.15, 0.2) is 243 Å². The average molecular weight is 967 g/mol. The summed E-state index contributed by atoms with van der Waals surface area (Å²) in [5.74, 6) is 1.80. The molecule has 0 saturated heterocycles. The fraction of sp³-hybridized carbons (Fsp3) is 0.113. The van der Waals surface area contributed by atoms with Crippen molar-refractivity contribution in [1.82, 2.24) is 19.5 Å². The van der Waals surface area contributed by atoms with Gasteiger partial charge in [0.1, 0.15) is 0 Å². The van der Waals surface area contributed by atoms with E-state index in [-0.39, 0.29) is 10.8 Å². The van der Waals surface area contributed by atoms with Gasteiger partial charge >= 0.3 is 0 Å². The lowest BCUT2D eigenvalue weighted by Gasteiger charge is -2.24. The molecule has 0 fully saturated rings. The standard InChI is InChI=1S/C71H58N4/c1-70(2,3)57-40-41-64-62(44-57)63-46-58(71(4,5)6)45-61(53-30-20-11-21-31-53)66(63)75(64)65-59(51-26-16-9-17-27-51)42-56(43-60(65)52-28-18-10-19-29-52)69-73-67(54-36-32-49(33-37-54)47-22-12-7-13-23-47)72-68(74-69)55-38-34-50(35-39-55)48-24-14-8-15-25-48/h7-46H,1-6H3. The number of nitrogens with zero attached hydrogens (tertiary/aromatic N) is 4. The molecule has 0 aliphatic rings. The molecule has 0 atom stereocenters. The predicted octanol–water partition coefficient (Wildman–Crippen LogP) is 18.9. The fourth-order valence-electron chi connectivity index (χ4n) is 10.4. The summed E-state index contributed by atoms with van der Waals surface area (Å²) >= 11 is 0. The molecule has 0 bridgehead atoms. The van der Waals surface area contributed by atoms with E-state index in [0.29, 0.717) is 17.5 Å². The van der Waals surface area contributed by atoms with E-state index in [9.17, 15) is 0 Å². The van der Waals surface area contributed by atoms with Crippen LogP contribution in [-0.4, -0.2) is 19.5 Å². The number of hydrogen-bond donors (Lipinski definition) is 0. The lowest BCUT2D eigenvalue weighted by atomic mass is 9.83. The third-order valence-electron chi connectivity index (χ3n) is 14.6. The van der Waals surface area contributed by atoms with E-state index in [1.165, 1.54) is 38.5 Å². The zero-order valence-electron chi connectivity index (χ0n) is 43.4. The van der Waals surface area contributed by atoms with Gasteiger partial charge in [0.15, 0.2) is 17.5 Å². The summed E-state index contributed by atoms with van der Waals surface area (Å²) in [6, 6.07) is 87.3. The molecule has 12 aromatic rings. The molecular formula is C71H58N4. The van der Waals surface area contributed by atoms with Crippen LogP contribution in [0.1, 0.15) is 52.7 Å². The highest BCUT2D eigenvalue weighted by molar-refractivity contribution is 6.15. The molecule has 0 N–H and O–H groups in total. The maximum Gasteiger partial charge on any atom is 0.164 e. The Morgan fingerprint density at radius 3 is 1.04 bits per heavy atom. The van der Waals surface area contributed by atoms with Crippen molar-refractivity contribution in [2.24, 2.45) is 0 Å². The molecule has 12 rings (SSSR count). The van der Waals surface area contributed by atoms with E-state index < -0.39 is 0 Å². The van der Waals surface area contributed by atoms with Gasteiger partial charge in [-0.15, -0.1) is 0 Å². The van der Waals surface area contributed by atoms with Crippen molar-refractivity contribution in [3.63, 3.8) is 0 Å². The molecule has 0 radical (unpaired) electrons. The van der Waals surface area contributed by atoms with Crippen LogP contribution in [0.2, 0.25) is 0 Å². The second kappa shape index (κ2) is 19.1. The van der Waals surface area contributed by atoms with Gasteiger partial charge < -0.3 is 4.57 Å². The highest BCUT2D eigenvalue weighted by Gasteiger charge is 2.28. The molecule has 0 aliphatic heterocycles. The largest absolute Gasteiger partial charge is 0.307 e. The Hall–Kier alpha value is -8.99. The Bertz CT molecular complexity index is 3840. The van der Waals surface area contributed by atoms with Crippen LogP contribution in [0.4, 0.5) is 0 Å². The quantitative estimate of drug-likeness (QED) is 0.145. The Balaban J connectivity index is 1.17. The summed E-state index contributed by atoms with van der Waals surface area (Å²) in [6.45, 7) is 13.9. The van der Waals surface area contributed by atoms with Gasteiger partial charge in [-0.1, -0.05) is 248 Å². The Morgan fingerprint density at radius 1 is 0.280 bits per heavy atom. The summed E-state index contributed by atoms with van der Waals surface area (Å²) < 4.78 is 2.56. The summed E-state index contributed by atoms with van der Waals surface area (Å²) in [6.07, 6.45) is 0. The molecule has 0 aliphatic carbocycles. The summed E-state index contributed by atoms with van der Waals surface area (Å²) in [7, 11) is 0. The summed E-state index contributed by atoms with van der Waals surface area (Å²) in [5, 5.41) is 2.46. The third-order valence-corrected chi connectivity index (χ3v) is 14.6. The van der Waals surface area contributed by atoms with E-state index in [0.717, 1.165) is 72.4 Å². The SMILES string of the molecule is CC(C)(C)c1ccc2c(c1)c1cc(C(C)(C)C)cc(-c3ccccc3)c1n2-c1c(-c2ccccc2)cc(-c2nc(-c3ccc(-c4ccccc4)cc3)nc(-c3ccc(-c4ccccc4)cc3)n2)cc1-c1ccccc1. The molecule has 362 valence electrons. The number of hydrogen-bond acceptors (Lipinski definition) is 3. The summed E-state index contributed by atoms with van der Waals surface area (Å²) in [5.41, 5.74) is 19.8. The maximum absolute atomic E-state index is 5.42. The topological polar surface area (TPSA) is 43.6 Å². The van der Waals surface area contributed by atoms with E-state index in [1.807, 2.05) is 12.1 Å². The second-order valence-electron chi connectivity index (χ2n) is 21.7. The van der Waals surface area contributed by atoms with Crippen molar-refractivity contribution in [2.75, 3.05) is 0 Å². The molecule has 4 nitrogen and oxygen atoms in total. The van der Waals surface area contributed by atoms with Crippen molar-refractivity contribution < 1.29 is 0 Å². The van der Waals surface area contributed by atoms with E-state index in [4.69, 9.17) is 15.0 Å². The third kappa shape index (κ3) is 9.14. The van der Waals surface area contributed by atoms with Crippen molar-refractivity contribution in [3.05, 3.63) is 254 Å².